The highest BCUT2D eigenvalue weighted by Gasteiger charge is 2.02. The van der Waals surface area contributed by atoms with Crippen molar-refractivity contribution in [3.63, 3.8) is 0 Å². The summed E-state index contributed by atoms with van der Waals surface area (Å²) in [5.41, 5.74) is 2.50. The highest BCUT2D eigenvalue weighted by molar-refractivity contribution is 6.08. The molecule has 4 aromatic rings. The van der Waals surface area contributed by atoms with Gasteiger partial charge in [-0.3, -0.25) is 0 Å². The fraction of sp³-hybridized carbons (Fsp3) is 0. The zero-order valence-corrected chi connectivity index (χ0v) is 11.0. The molecule has 0 unspecified atom stereocenters. The summed E-state index contributed by atoms with van der Waals surface area (Å²) < 4.78 is 0. The lowest BCUT2D eigenvalue weighted by Gasteiger charge is -2.06. The van der Waals surface area contributed by atoms with Crippen molar-refractivity contribution >= 4 is 21.5 Å². The molecule has 0 amide bonds. The molecule has 0 aromatic heterocycles. The third kappa shape index (κ3) is 1.78. The van der Waals surface area contributed by atoms with Crippen LogP contribution in [0.4, 0.5) is 0 Å². The molecule has 0 heteroatoms. The minimum absolute atomic E-state index is 1.17. The fourth-order valence-corrected chi connectivity index (χ4v) is 2.74. The Morgan fingerprint density at radius 1 is 0.600 bits per heavy atom. The Morgan fingerprint density at radius 2 is 1.40 bits per heavy atom. The largest absolute Gasteiger partial charge is 0.0622 e. The van der Waals surface area contributed by atoms with Crippen LogP contribution in [0.5, 0.6) is 0 Å². The van der Waals surface area contributed by atoms with Crippen LogP contribution in [-0.4, -0.2) is 0 Å². The minimum Gasteiger partial charge on any atom is -0.0622 e. The second kappa shape index (κ2) is 4.50. The van der Waals surface area contributed by atoms with Gasteiger partial charge >= 0.3 is 0 Å². The van der Waals surface area contributed by atoms with Gasteiger partial charge < -0.3 is 0 Å². The summed E-state index contributed by atoms with van der Waals surface area (Å²) in [7, 11) is 0. The van der Waals surface area contributed by atoms with E-state index in [9.17, 15) is 0 Å². The van der Waals surface area contributed by atoms with Crippen LogP contribution >= 0.6 is 0 Å². The van der Waals surface area contributed by atoms with Gasteiger partial charge in [0.1, 0.15) is 0 Å². The van der Waals surface area contributed by atoms with Crippen molar-refractivity contribution < 1.29 is 0 Å². The Bertz CT molecular complexity index is 889. The van der Waals surface area contributed by atoms with E-state index >= 15 is 0 Å². The third-order valence-electron chi connectivity index (χ3n) is 3.76. The van der Waals surface area contributed by atoms with Crippen LogP contribution in [0.1, 0.15) is 0 Å². The van der Waals surface area contributed by atoms with Crippen molar-refractivity contribution in [3.8, 4) is 11.1 Å². The van der Waals surface area contributed by atoms with E-state index in [0.717, 1.165) is 0 Å². The van der Waals surface area contributed by atoms with Gasteiger partial charge in [0.25, 0.3) is 0 Å². The number of fused-ring (bicyclic) bond motifs is 3. The van der Waals surface area contributed by atoms with Gasteiger partial charge in [-0.2, -0.15) is 0 Å². The van der Waals surface area contributed by atoms with E-state index in [4.69, 9.17) is 0 Å². The predicted octanol–water partition coefficient (Wildman–Crippen LogP) is 5.46. The van der Waals surface area contributed by atoms with E-state index in [2.05, 4.69) is 78.9 Å². The zero-order valence-electron chi connectivity index (χ0n) is 11.0. The zero-order chi connectivity index (χ0) is 13.4. The summed E-state index contributed by atoms with van der Waals surface area (Å²) in [4.78, 5) is 0. The summed E-state index contributed by atoms with van der Waals surface area (Å²) in [6.45, 7) is 0. The van der Waals surface area contributed by atoms with Gasteiger partial charge in [0.15, 0.2) is 0 Å². The maximum Gasteiger partial charge on any atom is -0.00926 e. The van der Waals surface area contributed by atoms with E-state index in [1.165, 1.54) is 32.7 Å². The lowest BCUT2D eigenvalue weighted by molar-refractivity contribution is 1.65. The average Bonchev–Trinajstić information content (AvgIpc) is 2.55. The molecule has 0 spiro atoms. The predicted molar refractivity (Wildman–Crippen MR) is 85.7 cm³/mol. The first-order chi connectivity index (χ1) is 9.92. The van der Waals surface area contributed by atoms with Crippen LogP contribution in [0, 0.1) is 6.07 Å². The van der Waals surface area contributed by atoms with Crippen molar-refractivity contribution in [3.05, 3.63) is 84.9 Å². The first kappa shape index (κ1) is 11.2. The van der Waals surface area contributed by atoms with Gasteiger partial charge in [0.05, 0.1) is 0 Å². The van der Waals surface area contributed by atoms with Crippen molar-refractivity contribution in [1.82, 2.24) is 0 Å². The molecule has 0 aliphatic carbocycles. The molecule has 0 bridgehead atoms. The van der Waals surface area contributed by atoms with Crippen LogP contribution in [0.15, 0.2) is 78.9 Å². The second-order valence-corrected chi connectivity index (χ2v) is 5.00. The number of benzene rings is 4. The minimum atomic E-state index is 1.17. The topological polar surface area (TPSA) is 0 Å². The molecule has 4 rings (SSSR count). The summed E-state index contributed by atoms with van der Waals surface area (Å²) in [5.74, 6) is 0. The van der Waals surface area contributed by atoms with Gasteiger partial charge in [-0.25, -0.2) is 0 Å². The molecular formula is C20H13. The molecule has 0 aliphatic rings. The average molecular weight is 253 g/mol. The summed E-state index contributed by atoms with van der Waals surface area (Å²) in [5, 5.41) is 4.97. The molecule has 0 atom stereocenters. The molecular weight excluding hydrogens is 240 g/mol. The molecule has 0 fully saturated rings. The molecule has 0 saturated carbocycles. The lowest BCUT2D eigenvalue weighted by atomic mass is 9.97. The molecule has 93 valence electrons. The van der Waals surface area contributed by atoms with Crippen LogP contribution in [0.2, 0.25) is 0 Å². The third-order valence-corrected chi connectivity index (χ3v) is 3.76. The fourth-order valence-electron chi connectivity index (χ4n) is 2.74. The Balaban J connectivity index is 1.99. The maximum absolute atomic E-state index is 3.37. The van der Waals surface area contributed by atoms with Crippen molar-refractivity contribution in [1.29, 1.82) is 0 Å². The summed E-state index contributed by atoms with van der Waals surface area (Å²) in [6, 6.07) is 31.0. The molecule has 20 heavy (non-hydrogen) atoms. The molecule has 0 aliphatic heterocycles. The van der Waals surface area contributed by atoms with Crippen molar-refractivity contribution in [2.75, 3.05) is 0 Å². The molecule has 4 aromatic carbocycles. The molecule has 1 radical (unpaired) electrons. The van der Waals surface area contributed by atoms with Crippen molar-refractivity contribution in [2.24, 2.45) is 0 Å². The SMILES string of the molecule is [c]1cc2cc(-c3ccccc3)ccc2c2ccccc12. The van der Waals surface area contributed by atoms with E-state index in [0.29, 0.717) is 0 Å². The Morgan fingerprint density at radius 3 is 2.30 bits per heavy atom. The number of hydrogen-bond acceptors (Lipinski definition) is 0. The van der Waals surface area contributed by atoms with Gasteiger partial charge in [-0.1, -0.05) is 66.7 Å². The Kier molecular flexibility index (Phi) is 2.53. The summed E-state index contributed by atoms with van der Waals surface area (Å²) >= 11 is 0. The van der Waals surface area contributed by atoms with E-state index in [1.807, 2.05) is 6.07 Å². The monoisotopic (exact) mass is 253 g/mol. The maximum atomic E-state index is 3.37. The van der Waals surface area contributed by atoms with Crippen molar-refractivity contribution in [2.45, 2.75) is 0 Å². The molecule has 0 N–H and O–H groups in total. The van der Waals surface area contributed by atoms with Crippen LogP contribution in [0.3, 0.4) is 0 Å². The van der Waals surface area contributed by atoms with E-state index in [-0.39, 0.29) is 0 Å². The standard InChI is InChI=1S/C20H13/c1-2-6-15(7-3-1)17-12-13-20-18(14-17)11-10-16-8-4-5-9-19(16)20/h1-9,11-14H. The Hall–Kier alpha value is -2.60. The molecule has 0 nitrogen and oxygen atoms in total. The molecule has 0 saturated heterocycles. The van der Waals surface area contributed by atoms with Gasteiger partial charge in [-0.05, 0) is 50.9 Å². The van der Waals surface area contributed by atoms with Gasteiger partial charge in [0.2, 0.25) is 0 Å². The van der Waals surface area contributed by atoms with Gasteiger partial charge in [-0.15, -0.1) is 0 Å². The van der Waals surface area contributed by atoms with Crippen LogP contribution < -0.4 is 0 Å². The number of hydrogen-bond donors (Lipinski definition) is 0. The van der Waals surface area contributed by atoms with Gasteiger partial charge in [0, 0.05) is 0 Å². The number of rotatable bonds is 1. The lowest BCUT2D eigenvalue weighted by Crippen LogP contribution is -1.81. The first-order valence-electron chi connectivity index (χ1n) is 6.80. The summed E-state index contributed by atoms with van der Waals surface area (Å²) in [6.07, 6.45) is 0. The highest BCUT2D eigenvalue weighted by Crippen LogP contribution is 2.29. The normalized spacial score (nSPS) is 11.0. The Labute approximate surface area is 118 Å². The molecule has 0 heterocycles. The first-order valence-corrected chi connectivity index (χ1v) is 6.80. The van der Waals surface area contributed by atoms with Crippen LogP contribution in [0.25, 0.3) is 32.7 Å². The second-order valence-electron chi connectivity index (χ2n) is 5.00. The van der Waals surface area contributed by atoms with E-state index in [1.54, 1.807) is 0 Å². The van der Waals surface area contributed by atoms with E-state index < -0.39 is 0 Å². The quantitative estimate of drug-likeness (QED) is 0.395. The smallest absolute Gasteiger partial charge is 0.00926 e. The van der Waals surface area contributed by atoms with Crippen LogP contribution in [-0.2, 0) is 0 Å². The highest BCUT2D eigenvalue weighted by atomic mass is 14.1.